The van der Waals surface area contributed by atoms with Crippen LogP contribution in [0.1, 0.15) is 38.8 Å². The molecule has 0 saturated heterocycles. The summed E-state index contributed by atoms with van der Waals surface area (Å²) in [6.45, 7) is 10.1. The summed E-state index contributed by atoms with van der Waals surface area (Å²) in [5, 5.41) is 3.76. The summed E-state index contributed by atoms with van der Waals surface area (Å²) in [4.78, 5) is 9.95. The predicted molar refractivity (Wildman–Crippen MR) is 147 cm³/mol. The second kappa shape index (κ2) is 10.3. The molecule has 35 heavy (non-hydrogen) atoms. The van der Waals surface area contributed by atoms with Crippen LogP contribution in [0.2, 0.25) is 0 Å². The second-order valence-electron chi connectivity index (χ2n) is 9.82. The zero-order valence-corrected chi connectivity index (χ0v) is 21.8. The van der Waals surface area contributed by atoms with Crippen molar-refractivity contribution < 1.29 is 9.47 Å². The van der Waals surface area contributed by atoms with Crippen molar-refractivity contribution in [1.82, 2.24) is 0 Å². The highest BCUT2D eigenvalue weighted by atomic mass is 31.1. The Morgan fingerprint density at radius 3 is 1.49 bits per heavy atom. The molecular weight excluding hydrogens is 451 g/mol. The zero-order valence-electron chi connectivity index (χ0n) is 20.9. The van der Waals surface area contributed by atoms with Gasteiger partial charge in [-0.25, -0.2) is 9.98 Å². The van der Waals surface area contributed by atoms with Gasteiger partial charge < -0.3 is 9.47 Å². The highest BCUT2D eigenvalue weighted by molar-refractivity contribution is 7.80. The first-order chi connectivity index (χ1) is 17.0. The van der Waals surface area contributed by atoms with E-state index >= 15 is 0 Å². The fourth-order valence-electron chi connectivity index (χ4n) is 4.44. The number of hydrogen-bond acceptors (Lipinski definition) is 4. The van der Waals surface area contributed by atoms with E-state index in [-0.39, 0.29) is 12.1 Å². The van der Waals surface area contributed by atoms with Crippen LogP contribution in [0.25, 0.3) is 0 Å². The lowest BCUT2D eigenvalue weighted by Gasteiger charge is -2.24. The summed E-state index contributed by atoms with van der Waals surface area (Å²) in [6, 6.07) is 28.3. The Morgan fingerprint density at radius 1 is 0.629 bits per heavy atom. The summed E-state index contributed by atoms with van der Waals surface area (Å²) in [7, 11) is -0.901. The minimum absolute atomic E-state index is 0.197. The maximum Gasteiger partial charge on any atom is 0.217 e. The summed E-state index contributed by atoms with van der Waals surface area (Å²) in [5.74, 6) is 2.41. The molecule has 5 heteroatoms. The minimum Gasteiger partial charge on any atom is -0.475 e. The van der Waals surface area contributed by atoms with E-state index < -0.39 is 7.92 Å². The van der Waals surface area contributed by atoms with Gasteiger partial charge in [0, 0.05) is 11.1 Å². The molecule has 0 fully saturated rings. The van der Waals surface area contributed by atoms with Gasteiger partial charge in [0.05, 0.1) is 12.1 Å². The van der Waals surface area contributed by atoms with Crippen LogP contribution in [0.5, 0.6) is 0 Å². The molecule has 180 valence electrons. The van der Waals surface area contributed by atoms with Crippen molar-refractivity contribution in [3.63, 3.8) is 0 Å². The lowest BCUT2D eigenvalue weighted by Crippen LogP contribution is -2.28. The van der Waals surface area contributed by atoms with Crippen molar-refractivity contribution in [3.05, 3.63) is 90.0 Å². The van der Waals surface area contributed by atoms with E-state index in [9.17, 15) is 0 Å². The van der Waals surface area contributed by atoms with Gasteiger partial charge in [-0.05, 0) is 47.8 Å². The molecule has 0 unspecified atom stereocenters. The Balaban J connectivity index is 1.66. The first-order valence-electron chi connectivity index (χ1n) is 12.5. The van der Waals surface area contributed by atoms with Crippen LogP contribution in [0.3, 0.4) is 0 Å². The minimum atomic E-state index is -0.901. The zero-order chi connectivity index (χ0) is 24.4. The topological polar surface area (TPSA) is 43.2 Å². The van der Waals surface area contributed by atoms with E-state index in [4.69, 9.17) is 19.5 Å². The van der Waals surface area contributed by atoms with E-state index in [0.717, 1.165) is 22.9 Å². The smallest absolute Gasteiger partial charge is 0.217 e. The van der Waals surface area contributed by atoms with Crippen LogP contribution in [0, 0.1) is 11.8 Å². The molecule has 4 nitrogen and oxygen atoms in total. The van der Waals surface area contributed by atoms with Crippen LogP contribution in [0.15, 0.2) is 88.8 Å². The van der Waals surface area contributed by atoms with Gasteiger partial charge in [0.1, 0.15) is 13.2 Å². The highest BCUT2D eigenvalue weighted by Gasteiger charge is 2.31. The lowest BCUT2D eigenvalue weighted by atomic mass is 10.1. The standard InChI is InChI=1S/C30H33N2O2P/c1-20(2)25-18-33-29(31-25)23-14-8-10-16-27(23)35(22-12-6-5-7-13-22)28-17-11-9-15-24(28)30-32-26(19-34-30)21(3)4/h5-17,20-21,25-26H,18-19H2,1-4H3/t25-,26-/m0/s1. The molecule has 2 heterocycles. The summed E-state index contributed by atoms with van der Waals surface area (Å²) < 4.78 is 12.3. The van der Waals surface area contributed by atoms with Crippen LogP contribution in [-0.4, -0.2) is 37.1 Å². The normalized spacial score (nSPS) is 19.6. The van der Waals surface area contributed by atoms with E-state index in [1.54, 1.807) is 0 Å². The van der Waals surface area contributed by atoms with Crippen LogP contribution >= 0.6 is 7.92 Å². The number of nitrogens with zero attached hydrogens (tertiary/aromatic N) is 2. The van der Waals surface area contributed by atoms with E-state index in [2.05, 4.69) is 107 Å². The third kappa shape index (κ3) is 4.90. The fraction of sp³-hybridized carbons (Fsp3) is 0.333. The molecule has 3 aromatic rings. The summed E-state index contributed by atoms with van der Waals surface area (Å²) >= 11 is 0. The molecule has 0 bridgehead atoms. The van der Waals surface area contributed by atoms with Gasteiger partial charge in [-0.1, -0.05) is 94.4 Å². The highest BCUT2D eigenvalue weighted by Crippen LogP contribution is 2.37. The van der Waals surface area contributed by atoms with Gasteiger partial charge in [0.2, 0.25) is 11.8 Å². The third-order valence-electron chi connectivity index (χ3n) is 6.65. The molecule has 2 aliphatic heterocycles. The number of aliphatic imine (C=N–C) groups is 2. The van der Waals surface area contributed by atoms with Gasteiger partial charge in [-0.15, -0.1) is 0 Å². The predicted octanol–water partition coefficient (Wildman–Crippen LogP) is 5.05. The fourth-order valence-corrected chi connectivity index (χ4v) is 7.02. The van der Waals surface area contributed by atoms with Gasteiger partial charge in [-0.2, -0.15) is 0 Å². The number of rotatable bonds is 7. The molecule has 0 amide bonds. The van der Waals surface area contributed by atoms with Crippen LogP contribution < -0.4 is 15.9 Å². The Labute approximate surface area is 209 Å². The average Bonchev–Trinajstić information content (AvgIpc) is 3.57. The van der Waals surface area contributed by atoms with Gasteiger partial charge >= 0.3 is 0 Å². The maximum atomic E-state index is 6.16. The molecule has 5 rings (SSSR count). The molecule has 0 radical (unpaired) electrons. The van der Waals surface area contributed by atoms with Crippen molar-refractivity contribution in [3.8, 4) is 0 Å². The van der Waals surface area contributed by atoms with E-state index in [1.807, 2.05) is 0 Å². The molecule has 0 aliphatic carbocycles. The van der Waals surface area contributed by atoms with Crippen LogP contribution in [0.4, 0.5) is 0 Å². The first-order valence-corrected chi connectivity index (χ1v) is 13.8. The quantitative estimate of drug-likeness (QED) is 0.441. The molecule has 2 aliphatic rings. The van der Waals surface area contributed by atoms with Gasteiger partial charge in [0.15, 0.2) is 0 Å². The maximum absolute atomic E-state index is 6.16. The van der Waals surface area contributed by atoms with Crippen molar-refractivity contribution in [2.24, 2.45) is 21.8 Å². The van der Waals surface area contributed by atoms with E-state index in [0.29, 0.717) is 25.0 Å². The van der Waals surface area contributed by atoms with Crippen LogP contribution in [-0.2, 0) is 9.47 Å². The molecule has 0 N–H and O–H groups in total. The summed E-state index contributed by atoms with van der Waals surface area (Å²) in [6.07, 6.45) is 0. The molecule has 0 aromatic heterocycles. The molecule has 0 saturated carbocycles. The number of benzene rings is 3. The third-order valence-corrected chi connectivity index (χ3v) is 9.21. The number of hydrogen-bond donors (Lipinski definition) is 0. The van der Waals surface area contributed by atoms with Crippen molar-refractivity contribution in [2.75, 3.05) is 13.2 Å². The SMILES string of the molecule is CC(C)[C@@H]1COC(c2ccccc2P(c2ccccc2)c2ccccc2C2=N[C@H](C(C)C)CO2)=N1. The van der Waals surface area contributed by atoms with Gasteiger partial charge in [0.25, 0.3) is 0 Å². The average molecular weight is 485 g/mol. The molecule has 3 aromatic carbocycles. The van der Waals surface area contributed by atoms with Crippen molar-refractivity contribution in [1.29, 1.82) is 0 Å². The van der Waals surface area contributed by atoms with Crippen molar-refractivity contribution in [2.45, 2.75) is 39.8 Å². The second-order valence-corrected chi connectivity index (χ2v) is 12.0. The summed E-state index contributed by atoms with van der Waals surface area (Å²) in [5.41, 5.74) is 2.16. The monoisotopic (exact) mass is 484 g/mol. The van der Waals surface area contributed by atoms with E-state index in [1.165, 1.54) is 15.9 Å². The van der Waals surface area contributed by atoms with Gasteiger partial charge in [-0.3, -0.25) is 0 Å². The molecule has 0 spiro atoms. The largest absolute Gasteiger partial charge is 0.475 e. The van der Waals surface area contributed by atoms with Crippen molar-refractivity contribution >= 4 is 35.6 Å². The first kappa shape index (κ1) is 23.8. The number of ether oxygens (including phenoxy) is 2. The Morgan fingerprint density at radius 2 is 1.06 bits per heavy atom. The Bertz CT molecular complexity index is 1160. The molecule has 2 atom stereocenters. The molecular formula is C30H33N2O2P. The Hall–Kier alpha value is -2.97. The Kier molecular flexibility index (Phi) is 7.02. The lowest BCUT2D eigenvalue weighted by molar-refractivity contribution is 0.292.